The third kappa shape index (κ3) is 3.08. The van der Waals surface area contributed by atoms with Crippen molar-refractivity contribution in [3.8, 4) is 17.1 Å². The summed E-state index contributed by atoms with van der Waals surface area (Å²) in [5.74, 6) is 0.125. The summed E-state index contributed by atoms with van der Waals surface area (Å²) in [6.07, 6.45) is 2.91. The lowest BCUT2D eigenvalue weighted by atomic mass is 10.2. The summed E-state index contributed by atoms with van der Waals surface area (Å²) in [6.45, 7) is 0. The Hall–Kier alpha value is -2.38. The second-order valence-corrected chi connectivity index (χ2v) is 7.28. The van der Waals surface area contributed by atoms with Crippen LogP contribution in [-0.4, -0.2) is 21.1 Å². The molecule has 0 amide bonds. The van der Waals surface area contributed by atoms with Gasteiger partial charge in [-0.1, -0.05) is 18.2 Å². The molecular formula is C19H13BrFN3OS. The van der Waals surface area contributed by atoms with Crippen molar-refractivity contribution in [1.82, 2.24) is 13.9 Å². The van der Waals surface area contributed by atoms with Gasteiger partial charge in [0.25, 0.3) is 0 Å². The Morgan fingerprint density at radius 2 is 1.92 bits per heavy atom. The average Bonchev–Trinajstić information content (AvgIpc) is 3.05. The predicted molar refractivity (Wildman–Crippen MR) is 105 cm³/mol. The average molecular weight is 430 g/mol. The maximum absolute atomic E-state index is 14.0. The van der Waals surface area contributed by atoms with Crippen LogP contribution in [-0.2, 0) is 0 Å². The Kier molecular flexibility index (Phi) is 4.65. The molecule has 4 aromatic rings. The molecule has 26 heavy (non-hydrogen) atoms. The van der Waals surface area contributed by atoms with E-state index in [1.54, 1.807) is 13.3 Å². The molecule has 0 saturated heterocycles. The Morgan fingerprint density at radius 1 is 1.12 bits per heavy atom. The number of rotatable bonds is 4. The van der Waals surface area contributed by atoms with E-state index in [0.29, 0.717) is 21.4 Å². The van der Waals surface area contributed by atoms with Crippen LogP contribution in [0.3, 0.4) is 0 Å². The number of benzene rings is 1. The third-order valence-electron chi connectivity index (χ3n) is 3.86. The summed E-state index contributed by atoms with van der Waals surface area (Å²) in [5, 5.41) is 0.708. The normalized spacial score (nSPS) is 11.0. The zero-order valence-corrected chi connectivity index (χ0v) is 16.1. The van der Waals surface area contributed by atoms with E-state index in [2.05, 4.69) is 25.9 Å². The second kappa shape index (κ2) is 7.09. The Bertz CT molecular complexity index is 1090. The fourth-order valence-electron chi connectivity index (χ4n) is 2.63. The van der Waals surface area contributed by atoms with Crippen LogP contribution >= 0.6 is 27.9 Å². The molecule has 3 heterocycles. The van der Waals surface area contributed by atoms with Crippen molar-refractivity contribution in [2.45, 2.75) is 4.90 Å². The molecule has 3 aromatic heterocycles. The first-order chi connectivity index (χ1) is 12.7. The van der Waals surface area contributed by atoms with Gasteiger partial charge in [0.1, 0.15) is 0 Å². The molecule has 1 aromatic carbocycles. The maximum Gasteiger partial charge on any atom is 0.213 e. The number of fused-ring (bicyclic) bond motifs is 1. The van der Waals surface area contributed by atoms with Crippen molar-refractivity contribution >= 4 is 38.9 Å². The number of nitrogens with zero attached hydrogens (tertiary/aromatic N) is 3. The number of hydrogen-bond donors (Lipinski definition) is 0. The summed E-state index contributed by atoms with van der Waals surface area (Å²) >= 11 is 4.86. The van der Waals surface area contributed by atoms with E-state index in [4.69, 9.17) is 4.74 Å². The largest absolute Gasteiger partial charge is 0.481 e. The maximum atomic E-state index is 14.0. The first-order valence-electron chi connectivity index (χ1n) is 7.76. The minimum Gasteiger partial charge on any atom is -0.481 e. The first-order valence-corrected chi connectivity index (χ1v) is 9.33. The number of methoxy groups -OCH3 is 1. The summed E-state index contributed by atoms with van der Waals surface area (Å²) in [7, 11) is 1.58. The molecule has 0 spiro atoms. The minimum absolute atomic E-state index is 0.391. The Morgan fingerprint density at radius 3 is 2.69 bits per heavy atom. The molecule has 4 rings (SSSR count). The standard InChI is InChI=1S/C19H13BrFN3OS/c1-25-17-9-12(7-8-22-17)16-10-14-18(20)15(21)11-23-19(14)24(16)26-13-5-3-2-4-6-13/h2-11H,1H3. The van der Waals surface area contributed by atoms with E-state index in [1.165, 1.54) is 18.1 Å². The van der Waals surface area contributed by atoms with Crippen LogP contribution in [0.15, 0.2) is 70.3 Å². The highest BCUT2D eigenvalue weighted by Crippen LogP contribution is 2.38. The van der Waals surface area contributed by atoms with Crippen LogP contribution in [0.4, 0.5) is 4.39 Å². The molecule has 0 N–H and O–H groups in total. The van der Waals surface area contributed by atoms with Crippen molar-refractivity contribution < 1.29 is 9.13 Å². The van der Waals surface area contributed by atoms with Gasteiger partial charge in [0.2, 0.25) is 5.88 Å². The lowest BCUT2D eigenvalue weighted by Gasteiger charge is -2.10. The number of hydrogen-bond acceptors (Lipinski definition) is 4. The molecule has 0 aliphatic carbocycles. The van der Waals surface area contributed by atoms with E-state index >= 15 is 0 Å². The molecule has 0 bridgehead atoms. The second-order valence-electron chi connectivity index (χ2n) is 5.47. The van der Waals surface area contributed by atoms with Crippen LogP contribution in [0.5, 0.6) is 5.88 Å². The van der Waals surface area contributed by atoms with Crippen LogP contribution in [0, 0.1) is 5.82 Å². The predicted octanol–water partition coefficient (Wildman–Crippen LogP) is 5.56. The number of pyridine rings is 2. The molecule has 0 fully saturated rings. The fraction of sp³-hybridized carbons (Fsp3) is 0.0526. The minimum atomic E-state index is -0.391. The van der Waals surface area contributed by atoms with E-state index in [-0.39, 0.29) is 0 Å². The van der Waals surface area contributed by atoms with Gasteiger partial charge in [0, 0.05) is 28.1 Å². The van der Waals surface area contributed by atoms with Gasteiger partial charge in [-0.3, -0.25) is 3.97 Å². The van der Waals surface area contributed by atoms with Gasteiger partial charge in [-0.2, -0.15) is 0 Å². The molecular weight excluding hydrogens is 417 g/mol. The van der Waals surface area contributed by atoms with E-state index in [9.17, 15) is 4.39 Å². The topological polar surface area (TPSA) is 39.9 Å². The van der Waals surface area contributed by atoms with Crippen molar-refractivity contribution in [1.29, 1.82) is 0 Å². The van der Waals surface area contributed by atoms with Crippen LogP contribution in [0.2, 0.25) is 0 Å². The zero-order valence-electron chi connectivity index (χ0n) is 13.7. The molecule has 0 saturated carbocycles. The fourth-order valence-corrected chi connectivity index (χ4v) is 4.00. The summed E-state index contributed by atoms with van der Waals surface area (Å²) in [6, 6.07) is 15.6. The highest BCUT2D eigenvalue weighted by atomic mass is 79.9. The van der Waals surface area contributed by atoms with E-state index in [1.807, 2.05) is 52.5 Å². The van der Waals surface area contributed by atoms with Gasteiger partial charge in [-0.15, -0.1) is 0 Å². The lowest BCUT2D eigenvalue weighted by molar-refractivity contribution is 0.398. The molecule has 0 aliphatic rings. The van der Waals surface area contributed by atoms with Gasteiger partial charge in [-0.05, 0) is 52.1 Å². The number of aromatic nitrogens is 3. The smallest absolute Gasteiger partial charge is 0.213 e. The van der Waals surface area contributed by atoms with Crippen LogP contribution < -0.4 is 4.74 Å². The molecule has 0 aliphatic heterocycles. The van der Waals surface area contributed by atoms with Crippen molar-refractivity contribution in [2.75, 3.05) is 7.11 Å². The van der Waals surface area contributed by atoms with Gasteiger partial charge < -0.3 is 4.74 Å². The van der Waals surface area contributed by atoms with Crippen molar-refractivity contribution in [2.24, 2.45) is 0 Å². The summed E-state index contributed by atoms with van der Waals surface area (Å²) < 4.78 is 21.6. The molecule has 0 radical (unpaired) electrons. The molecule has 4 nitrogen and oxygen atoms in total. The lowest BCUT2D eigenvalue weighted by Crippen LogP contribution is -1.94. The molecule has 0 atom stereocenters. The summed E-state index contributed by atoms with van der Waals surface area (Å²) in [5.41, 5.74) is 2.47. The van der Waals surface area contributed by atoms with E-state index < -0.39 is 5.82 Å². The van der Waals surface area contributed by atoms with Gasteiger partial charge in [-0.25, -0.2) is 14.4 Å². The highest BCUT2D eigenvalue weighted by molar-refractivity contribution is 9.10. The summed E-state index contributed by atoms with van der Waals surface area (Å²) in [4.78, 5) is 9.53. The van der Waals surface area contributed by atoms with Crippen LogP contribution in [0.25, 0.3) is 22.3 Å². The van der Waals surface area contributed by atoms with Gasteiger partial charge in [0.05, 0.1) is 23.5 Å². The van der Waals surface area contributed by atoms with Crippen LogP contribution in [0.1, 0.15) is 0 Å². The van der Waals surface area contributed by atoms with Gasteiger partial charge in [0.15, 0.2) is 11.5 Å². The van der Waals surface area contributed by atoms with E-state index in [0.717, 1.165) is 16.2 Å². The molecule has 7 heteroatoms. The van der Waals surface area contributed by atoms with Crippen molar-refractivity contribution in [3.63, 3.8) is 0 Å². The van der Waals surface area contributed by atoms with Gasteiger partial charge >= 0.3 is 0 Å². The quantitative estimate of drug-likeness (QED) is 0.425. The number of halogens is 2. The SMILES string of the molecule is COc1cc(-c2cc3c(Br)c(F)cnc3n2Sc2ccccc2)ccn1. The first kappa shape index (κ1) is 17.1. The number of ether oxygens (including phenoxy) is 1. The monoisotopic (exact) mass is 429 g/mol. The highest BCUT2D eigenvalue weighted by Gasteiger charge is 2.18. The molecule has 130 valence electrons. The molecule has 0 unspecified atom stereocenters. The zero-order chi connectivity index (χ0) is 18.1. The Balaban J connectivity index is 1.95. The third-order valence-corrected chi connectivity index (χ3v) is 5.70. The van der Waals surface area contributed by atoms with Crippen molar-refractivity contribution in [3.05, 3.63) is 71.2 Å². The Labute approximate surface area is 162 Å².